The Morgan fingerprint density at radius 2 is 1.93 bits per heavy atom. The first-order valence-corrected chi connectivity index (χ1v) is 9.86. The molecular weight excluding hydrogens is 393 g/mol. The zero-order valence-corrected chi connectivity index (χ0v) is 17.4. The molecule has 2 aromatic carbocycles. The lowest BCUT2D eigenvalue weighted by molar-refractivity contribution is -0.143. The fourth-order valence-corrected chi connectivity index (χ4v) is 3.67. The van der Waals surface area contributed by atoms with Crippen LogP contribution < -0.4 is 0 Å². The summed E-state index contributed by atoms with van der Waals surface area (Å²) in [7, 11) is 0. The van der Waals surface area contributed by atoms with Crippen LogP contribution in [0.5, 0.6) is 0 Å². The van der Waals surface area contributed by atoms with Crippen LogP contribution in [-0.4, -0.2) is 22.9 Å². The summed E-state index contributed by atoms with van der Waals surface area (Å²) in [6.45, 7) is 5.48. The molecule has 1 heterocycles. The molecule has 1 amide bonds. The minimum Gasteiger partial charge on any atom is -0.460 e. The van der Waals surface area contributed by atoms with Gasteiger partial charge in [-0.2, -0.15) is 0 Å². The molecule has 0 unspecified atom stereocenters. The number of hydrogen-bond donors (Lipinski definition) is 0. The molecule has 0 aliphatic carbocycles. The maximum atomic E-state index is 13.6. The van der Waals surface area contributed by atoms with Crippen molar-refractivity contribution in [1.29, 1.82) is 0 Å². The van der Waals surface area contributed by atoms with Crippen LogP contribution in [-0.2, 0) is 20.9 Å². The standard InChI is InChI=1S/C23H23ClFNO3/c1-14(2)29-23(28)22-15(3)26(13-16-5-4-6-19(25)11-16)21(27)12-20(22)17-7-9-18(24)10-8-17/h4-11,14,20H,12-13H2,1-3H3/t20-/m0/s1. The molecule has 1 atom stereocenters. The third-order valence-corrected chi connectivity index (χ3v) is 5.14. The van der Waals surface area contributed by atoms with Crippen LogP contribution in [0.25, 0.3) is 0 Å². The molecule has 2 aromatic rings. The van der Waals surface area contributed by atoms with Gasteiger partial charge in [-0.05, 0) is 56.2 Å². The van der Waals surface area contributed by atoms with E-state index in [0.29, 0.717) is 21.9 Å². The number of benzene rings is 2. The van der Waals surface area contributed by atoms with Gasteiger partial charge in [0.15, 0.2) is 0 Å². The first kappa shape index (κ1) is 21.1. The molecule has 0 N–H and O–H groups in total. The molecule has 1 aliphatic heterocycles. The zero-order chi connectivity index (χ0) is 21.1. The lowest BCUT2D eigenvalue weighted by Crippen LogP contribution is -2.38. The molecule has 0 fully saturated rings. The Balaban J connectivity index is 2.03. The van der Waals surface area contributed by atoms with Crippen LogP contribution in [0.2, 0.25) is 5.02 Å². The summed E-state index contributed by atoms with van der Waals surface area (Å²) in [5.74, 6) is -1.37. The number of hydrogen-bond acceptors (Lipinski definition) is 3. The second-order valence-electron chi connectivity index (χ2n) is 7.37. The monoisotopic (exact) mass is 415 g/mol. The highest BCUT2D eigenvalue weighted by Gasteiger charge is 2.37. The summed E-state index contributed by atoms with van der Waals surface area (Å²) in [6.07, 6.45) is -0.167. The summed E-state index contributed by atoms with van der Waals surface area (Å²) >= 11 is 5.99. The number of carbonyl (C=O) groups excluding carboxylic acids is 2. The summed E-state index contributed by atoms with van der Waals surface area (Å²) < 4.78 is 19.0. The molecule has 0 bridgehead atoms. The van der Waals surface area contributed by atoms with Gasteiger partial charge in [-0.15, -0.1) is 0 Å². The van der Waals surface area contributed by atoms with Gasteiger partial charge in [0.05, 0.1) is 18.2 Å². The highest BCUT2D eigenvalue weighted by atomic mass is 35.5. The van der Waals surface area contributed by atoms with Crippen molar-refractivity contribution in [3.8, 4) is 0 Å². The number of esters is 1. The normalized spacial score (nSPS) is 17.1. The highest BCUT2D eigenvalue weighted by molar-refractivity contribution is 6.30. The van der Waals surface area contributed by atoms with Crippen molar-refractivity contribution in [3.05, 3.63) is 81.8 Å². The van der Waals surface area contributed by atoms with Crippen molar-refractivity contribution in [3.63, 3.8) is 0 Å². The van der Waals surface area contributed by atoms with E-state index in [0.717, 1.165) is 5.56 Å². The van der Waals surface area contributed by atoms with E-state index in [1.165, 1.54) is 17.0 Å². The Morgan fingerprint density at radius 3 is 2.55 bits per heavy atom. The maximum absolute atomic E-state index is 13.6. The smallest absolute Gasteiger partial charge is 0.336 e. The van der Waals surface area contributed by atoms with E-state index < -0.39 is 11.9 Å². The molecule has 0 saturated carbocycles. The number of allylic oxidation sites excluding steroid dienone is 1. The van der Waals surface area contributed by atoms with E-state index in [-0.39, 0.29) is 30.8 Å². The minimum atomic E-state index is -0.450. The highest BCUT2D eigenvalue weighted by Crippen LogP contribution is 2.38. The molecule has 6 heteroatoms. The van der Waals surface area contributed by atoms with E-state index in [2.05, 4.69) is 0 Å². The molecule has 4 nitrogen and oxygen atoms in total. The molecule has 0 radical (unpaired) electrons. The van der Waals surface area contributed by atoms with Crippen LogP contribution in [0.15, 0.2) is 59.8 Å². The van der Waals surface area contributed by atoms with E-state index in [1.807, 2.05) is 12.1 Å². The lowest BCUT2D eigenvalue weighted by Gasteiger charge is -2.35. The van der Waals surface area contributed by atoms with Gasteiger partial charge < -0.3 is 9.64 Å². The van der Waals surface area contributed by atoms with Gasteiger partial charge in [-0.3, -0.25) is 4.79 Å². The van der Waals surface area contributed by atoms with Crippen LogP contribution >= 0.6 is 11.6 Å². The number of nitrogens with zero attached hydrogens (tertiary/aromatic N) is 1. The van der Waals surface area contributed by atoms with E-state index in [9.17, 15) is 14.0 Å². The fourth-order valence-electron chi connectivity index (χ4n) is 3.54. The number of halogens is 2. The average molecular weight is 416 g/mol. The Hall–Kier alpha value is -2.66. The van der Waals surface area contributed by atoms with Crippen LogP contribution in [0.3, 0.4) is 0 Å². The molecule has 152 valence electrons. The zero-order valence-electron chi connectivity index (χ0n) is 16.6. The van der Waals surface area contributed by atoms with E-state index in [1.54, 1.807) is 45.0 Å². The maximum Gasteiger partial charge on any atom is 0.336 e. The van der Waals surface area contributed by atoms with Gasteiger partial charge in [0, 0.05) is 23.1 Å². The van der Waals surface area contributed by atoms with Gasteiger partial charge in [-0.1, -0.05) is 35.9 Å². The fraction of sp³-hybridized carbons (Fsp3) is 0.304. The predicted octanol–water partition coefficient (Wildman–Crippen LogP) is 5.22. The van der Waals surface area contributed by atoms with Gasteiger partial charge >= 0.3 is 5.97 Å². The molecule has 29 heavy (non-hydrogen) atoms. The first-order chi connectivity index (χ1) is 13.8. The summed E-state index contributed by atoms with van der Waals surface area (Å²) in [5, 5.41) is 0.579. The number of rotatable bonds is 5. The first-order valence-electron chi connectivity index (χ1n) is 9.48. The summed E-state index contributed by atoms with van der Waals surface area (Å²) in [5.41, 5.74) is 2.44. The topological polar surface area (TPSA) is 46.6 Å². The Kier molecular flexibility index (Phi) is 6.38. The molecule has 1 aliphatic rings. The average Bonchev–Trinajstić information content (AvgIpc) is 2.64. The third-order valence-electron chi connectivity index (χ3n) is 4.89. The summed E-state index contributed by atoms with van der Waals surface area (Å²) in [4.78, 5) is 27.4. The van der Waals surface area contributed by atoms with E-state index in [4.69, 9.17) is 16.3 Å². The second kappa shape index (κ2) is 8.78. The van der Waals surface area contributed by atoms with Crippen molar-refractivity contribution in [2.75, 3.05) is 0 Å². The second-order valence-corrected chi connectivity index (χ2v) is 7.81. The predicted molar refractivity (Wildman–Crippen MR) is 110 cm³/mol. The number of ether oxygens (including phenoxy) is 1. The number of amides is 1. The van der Waals surface area contributed by atoms with Crippen LogP contribution in [0.1, 0.15) is 44.2 Å². The molecule has 0 aromatic heterocycles. The lowest BCUT2D eigenvalue weighted by atomic mass is 9.83. The van der Waals surface area contributed by atoms with Gasteiger partial charge in [-0.25, -0.2) is 9.18 Å². The Bertz CT molecular complexity index is 953. The Labute approximate surface area is 174 Å². The van der Waals surface area contributed by atoms with Gasteiger partial charge in [0.1, 0.15) is 5.82 Å². The molecular formula is C23H23ClFNO3. The quantitative estimate of drug-likeness (QED) is 0.629. The molecule has 3 rings (SSSR count). The van der Waals surface area contributed by atoms with Gasteiger partial charge in [0.2, 0.25) is 5.91 Å². The minimum absolute atomic E-state index is 0.122. The molecule has 0 spiro atoms. The van der Waals surface area contributed by atoms with Crippen molar-refractivity contribution in [2.45, 2.75) is 45.8 Å². The SMILES string of the molecule is CC1=C(C(=O)OC(C)C)[C@H](c2ccc(Cl)cc2)CC(=O)N1Cc1cccc(F)c1. The summed E-state index contributed by atoms with van der Waals surface area (Å²) in [6, 6.07) is 13.2. The van der Waals surface area contributed by atoms with Crippen molar-refractivity contribution in [1.82, 2.24) is 4.90 Å². The van der Waals surface area contributed by atoms with E-state index >= 15 is 0 Å². The van der Waals surface area contributed by atoms with Gasteiger partial charge in [0.25, 0.3) is 0 Å². The van der Waals surface area contributed by atoms with Crippen LogP contribution in [0.4, 0.5) is 4.39 Å². The third kappa shape index (κ3) is 4.85. The van der Waals surface area contributed by atoms with Crippen LogP contribution in [0, 0.1) is 5.82 Å². The Morgan fingerprint density at radius 1 is 1.24 bits per heavy atom. The molecule has 0 saturated heterocycles. The van der Waals surface area contributed by atoms with Crippen molar-refractivity contribution >= 4 is 23.5 Å². The number of carbonyl (C=O) groups is 2. The largest absolute Gasteiger partial charge is 0.460 e. The van der Waals surface area contributed by atoms with Crippen molar-refractivity contribution < 1.29 is 18.7 Å². The van der Waals surface area contributed by atoms with Crippen molar-refractivity contribution in [2.24, 2.45) is 0 Å².